The molecule has 0 radical (unpaired) electrons. The molecule has 0 bridgehead atoms. The molecule has 2 N–H and O–H groups in total. The largest absolute Gasteiger partial charge is 0.457 e. The molecule has 0 amide bonds. The number of aromatic nitrogens is 2. The van der Waals surface area contributed by atoms with E-state index in [0.717, 1.165) is 17.2 Å². The van der Waals surface area contributed by atoms with Gasteiger partial charge in [-0.2, -0.15) is 0 Å². The first kappa shape index (κ1) is 15.8. The first-order valence-electron chi connectivity index (χ1n) is 7.42. The molecule has 1 heterocycles. The van der Waals surface area contributed by atoms with Crippen molar-refractivity contribution in [2.24, 2.45) is 0 Å². The fourth-order valence-corrected chi connectivity index (χ4v) is 2.16. The SMILES string of the molecule is COCc1cc(=O)[nH]c(Nc2ccc(Oc3ccccc3)cc2)n1. The van der Waals surface area contributed by atoms with Gasteiger partial charge in [0, 0.05) is 18.9 Å². The van der Waals surface area contributed by atoms with Gasteiger partial charge in [-0.25, -0.2) is 4.98 Å². The van der Waals surface area contributed by atoms with Crippen LogP contribution in [0, 0.1) is 0 Å². The van der Waals surface area contributed by atoms with E-state index in [1.165, 1.54) is 6.07 Å². The zero-order valence-electron chi connectivity index (χ0n) is 13.2. The third kappa shape index (κ3) is 4.21. The number of methoxy groups -OCH3 is 1. The van der Waals surface area contributed by atoms with Crippen molar-refractivity contribution in [1.82, 2.24) is 9.97 Å². The average molecular weight is 323 g/mol. The zero-order valence-corrected chi connectivity index (χ0v) is 13.2. The number of H-pyrrole nitrogens is 1. The van der Waals surface area contributed by atoms with Crippen molar-refractivity contribution in [2.45, 2.75) is 6.61 Å². The molecule has 0 unspecified atom stereocenters. The summed E-state index contributed by atoms with van der Waals surface area (Å²) in [5, 5.41) is 3.06. The van der Waals surface area contributed by atoms with Crippen LogP contribution in [0.4, 0.5) is 11.6 Å². The number of benzene rings is 2. The van der Waals surface area contributed by atoms with Gasteiger partial charge in [-0.05, 0) is 36.4 Å². The van der Waals surface area contributed by atoms with E-state index in [4.69, 9.17) is 9.47 Å². The number of para-hydroxylation sites is 1. The summed E-state index contributed by atoms with van der Waals surface area (Å²) in [6.45, 7) is 0.280. The molecule has 0 aliphatic rings. The van der Waals surface area contributed by atoms with E-state index in [1.807, 2.05) is 54.6 Å². The van der Waals surface area contributed by atoms with E-state index in [-0.39, 0.29) is 12.2 Å². The van der Waals surface area contributed by atoms with E-state index in [1.54, 1.807) is 7.11 Å². The van der Waals surface area contributed by atoms with Crippen LogP contribution < -0.4 is 15.6 Å². The molecule has 3 rings (SSSR count). The Labute approximate surface area is 139 Å². The lowest BCUT2D eigenvalue weighted by molar-refractivity contribution is 0.181. The van der Waals surface area contributed by atoms with Gasteiger partial charge in [0.25, 0.3) is 5.56 Å². The summed E-state index contributed by atoms with van der Waals surface area (Å²) in [4.78, 5) is 18.6. The van der Waals surface area contributed by atoms with E-state index in [9.17, 15) is 4.79 Å². The van der Waals surface area contributed by atoms with E-state index >= 15 is 0 Å². The highest BCUT2D eigenvalue weighted by Gasteiger charge is 2.03. The maximum Gasteiger partial charge on any atom is 0.252 e. The van der Waals surface area contributed by atoms with Crippen LogP contribution in [0.1, 0.15) is 5.69 Å². The Bertz CT molecular complexity index is 845. The molecule has 122 valence electrons. The second kappa shape index (κ2) is 7.43. The van der Waals surface area contributed by atoms with Crippen molar-refractivity contribution in [1.29, 1.82) is 0 Å². The molecule has 0 fully saturated rings. The Morgan fingerprint density at radius 3 is 2.46 bits per heavy atom. The van der Waals surface area contributed by atoms with Gasteiger partial charge in [-0.1, -0.05) is 18.2 Å². The number of hydrogen-bond donors (Lipinski definition) is 2. The molecule has 24 heavy (non-hydrogen) atoms. The van der Waals surface area contributed by atoms with Crippen LogP contribution >= 0.6 is 0 Å². The molecule has 6 nitrogen and oxygen atoms in total. The molecule has 0 atom stereocenters. The Morgan fingerprint density at radius 2 is 1.75 bits per heavy atom. The highest BCUT2D eigenvalue weighted by molar-refractivity contribution is 5.54. The summed E-state index contributed by atoms with van der Waals surface area (Å²) in [5.74, 6) is 1.86. The maximum atomic E-state index is 11.6. The van der Waals surface area contributed by atoms with Gasteiger partial charge < -0.3 is 14.8 Å². The minimum atomic E-state index is -0.233. The highest BCUT2D eigenvalue weighted by Crippen LogP contribution is 2.23. The van der Waals surface area contributed by atoms with Crippen LogP contribution in [-0.2, 0) is 11.3 Å². The predicted molar refractivity (Wildman–Crippen MR) is 91.8 cm³/mol. The lowest BCUT2D eigenvalue weighted by Crippen LogP contribution is -2.12. The smallest absolute Gasteiger partial charge is 0.252 e. The Kier molecular flexibility index (Phi) is 4.88. The second-order valence-corrected chi connectivity index (χ2v) is 5.08. The summed E-state index contributed by atoms with van der Waals surface area (Å²) in [6, 6.07) is 18.3. The van der Waals surface area contributed by atoms with Crippen molar-refractivity contribution in [3.05, 3.63) is 76.7 Å². The van der Waals surface area contributed by atoms with Crippen LogP contribution in [0.5, 0.6) is 11.5 Å². The van der Waals surface area contributed by atoms with Gasteiger partial charge in [-0.3, -0.25) is 9.78 Å². The molecule has 0 saturated heterocycles. The molecule has 0 aliphatic carbocycles. The fourth-order valence-electron chi connectivity index (χ4n) is 2.16. The number of aromatic amines is 1. The Balaban J connectivity index is 1.71. The molecule has 1 aromatic heterocycles. The van der Waals surface area contributed by atoms with Crippen molar-refractivity contribution in [2.75, 3.05) is 12.4 Å². The summed E-state index contributed by atoms with van der Waals surface area (Å²) < 4.78 is 10.7. The molecular weight excluding hydrogens is 306 g/mol. The van der Waals surface area contributed by atoms with Gasteiger partial charge in [0.15, 0.2) is 0 Å². The van der Waals surface area contributed by atoms with Crippen molar-refractivity contribution in [3.8, 4) is 11.5 Å². The third-order valence-corrected chi connectivity index (χ3v) is 3.18. The summed E-state index contributed by atoms with van der Waals surface area (Å²) in [7, 11) is 1.56. The summed E-state index contributed by atoms with van der Waals surface area (Å²) in [6.07, 6.45) is 0. The monoisotopic (exact) mass is 323 g/mol. The summed E-state index contributed by atoms with van der Waals surface area (Å²) in [5.41, 5.74) is 1.12. The molecular formula is C18H17N3O3. The standard InChI is InChI=1S/C18H17N3O3/c1-23-12-14-11-17(22)21-18(20-14)19-13-7-9-16(10-8-13)24-15-5-3-2-4-6-15/h2-11H,12H2,1H3,(H2,19,20,21,22). The number of nitrogens with one attached hydrogen (secondary N) is 2. The summed E-state index contributed by atoms with van der Waals surface area (Å²) >= 11 is 0. The zero-order chi connectivity index (χ0) is 16.8. The van der Waals surface area contributed by atoms with Gasteiger partial charge in [0.2, 0.25) is 5.95 Å². The number of ether oxygens (including phenoxy) is 2. The van der Waals surface area contributed by atoms with Crippen LogP contribution in [0.15, 0.2) is 65.5 Å². The van der Waals surface area contributed by atoms with E-state index < -0.39 is 0 Å². The van der Waals surface area contributed by atoms with Gasteiger partial charge >= 0.3 is 0 Å². The molecule has 0 spiro atoms. The van der Waals surface area contributed by atoms with Gasteiger partial charge in [-0.15, -0.1) is 0 Å². The normalized spacial score (nSPS) is 10.4. The van der Waals surface area contributed by atoms with Crippen molar-refractivity contribution < 1.29 is 9.47 Å². The Hall–Kier alpha value is -3.12. The quantitative estimate of drug-likeness (QED) is 0.726. The molecule has 0 aliphatic heterocycles. The lowest BCUT2D eigenvalue weighted by atomic mass is 10.3. The molecule has 0 saturated carbocycles. The van der Waals surface area contributed by atoms with Crippen LogP contribution in [0.3, 0.4) is 0 Å². The second-order valence-electron chi connectivity index (χ2n) is 5.08. The van der Waals surface area contributed by atoms with Gasteiger partial charge in [0.05, 0.1) is 12.3 Å². The van der Waals surface area contributed by atoms with E-state index in [2.05, 4.69) is 15.3 Å². The molecule has 6 heteroatoms. The maximum absolute atomic E-state index is 11.6. The van der Waals surface area contributed by atoms with Crippen molar-refractivity contribution in [3.63, 3.8) is 0 Å². The highest BCUT2D eigenvalue weighted by atomic mass is 16.5. The number of hydrogen-bond acceptors (Lipinski definition) is 5. The minimum Gasteiger partial charge on any atom is -0.457 e. The third-order valence-electron chi connectivity index (χ3n) is 3.18. The van der Waals surface area contributed by atoms with Crippen LogP contribution in [0.2, 0.25) is 0 Å². The predicted octanol–water partition coefficient (Wildman–Crippen LogP) is 3.45. The average Bonchev–Trinajstić information content (AvgIpc) is 2.57. The van der Waals surface area contributed by atoms with Crippen molar-refractivity contribution >= 4 is 11.6 Å². The topological polar surface area (TPSA) is 76.2 Å². The Morgan fingerprint density at radius 1 is 1.04 bits per heavy atom. The molecule has 2 aromatic carbocycles. The van der Waals surface area contributed by atoms with E-state index in [0.29, 0.717) is 11.6 Å². The molecule has 3 aromatic rings. The van der Waals surface area contributed by atoms with Crippen LogP contribution in [-0.4, -0.2) is 17.1 Å². The van der Waals surface area contributed by atoms with Gasteiger partial charge in [0.1, 0.15) is 11.5 Å². The lowest BCUT2D eigenvalue weighted by Gasteiger charge is -2.09. The van der Waals surface area contributed by atoms with Crippen LogP contribution in [0.25, 0.3) is 0 Å². The first-order valence-corrected chi connectivity index (χ1v) is 7.42. The number of anilines is 2. The minimum absolute atomic E-state index is 0.233. The number of nitrogens with zero attached hydrogens (tertiary/aromatic N) is 1. The number of rotatable bonds is 6. The first-order chi connectivity index (χ1) is 11.7. The fraction of sp³-hybridized carbons (Fsp3) is 0.111.